The number of anilines is 1. The molecule has 0 spiro atoms. The van der Waals surface area contributed by atoms with E-state index in [1.807, 2.05) is 30.3 Å². The molecular formula is C38H41Cl2N3O5S. The Labute approximate surface area is 299 Å². The first-order valence-electron chi connectivity index (χ1n) is 16.5. The third-order valence-electron chi connectivity index (χ3n) is 8.62. The molecule has 8 nitrogen and oxygen atoms in total. The minimum Gasteiger partial charge on any atom is -0.492 e. The molecule has 0 aliphatic heterocycles. The van der Waals surface area contributed by atoms with Crippen LogP contribution in [0.5, 0.6) is 5.75 Å². The highest BCUT2D eigenvalue weighted by Gasteiger charge is 2.36. The molecule has 1 atom stereocenters. The molecule has 1 saturated carbocycles. The fraction of sp³-hybridized carbons (Fsp3) is 0.316. The average Bonchev–Trinajstić information content (AvgIpc) is 3.11. The van der Waals surface area contributed by atoms with Crippen molar-refractivity contribution in [2.75, 3.05) is 17.5 Å². The Morgan fingerprint density at radius 3 is 2.20 bits per heavy atom. The molecule has 0 bridgehead atoms. The van der Waals surface area contributed by atoms with Gasteiger partial charge < -0.3 is 15.0 Å². The number of nitrogens with one attached hydrogen (secondary N) is 1. The Morgan fingerprint density at radius 2 is 1.53 bits per heavy atom. The average molecular weight is 723 g/mol. The van der Waals surface area contributed by atoms with Gasteiger partial charge in [0.05, 0.1) is 17.2 Å². The minimum atomic E-state index is -4.28. The molecule has 0 saturated heterocycles. The maximum Gasteiger partial charge on any atom is 0.264 e. The van der Waals surface area contributed by atoms with E-state index >= 15 is 0 Å². The molecular weight excluding hydrogens is 681 g/mol. The monoisotopic (exact) mass is 721 g/mol. The lowest BCUT2D eigenvalue weighted by Crippen LogP contribution is -2.55. The predicted molar refractivity (Wildman–Crippen MR) is 195 cm³/mol. The highest BCUT2D eigenvalue weighted by atomic mass is 35.5. The summed E-state index contributed by atoms with van der Waals surface area (Å²) in [4.78, 5) is 30.6. The molecule has 2 amide bonds. The van der Waals surface area contributed by atoms with Gasteiger partial charge in [-0.2, -0.15) is 0 Å². The molecule has 1 aliphatic rings. The van der Waals surface area contributed by atoms with Gasteiger partial charge >= 0.3 is 0 Å². The van der Waals surface area contributed by atoms with Crippen LogP contribution in [0.15, 0.2) is 108 Å². The maximum atomic E-state index is 14.8. The second-order valence-corrected chi connectivity index (χ2v) is 14.7. The molecule has 1 fully saturated rings. The van der Waals surface area contributed by atoms with Crippen molar-refractivity contribution in [1.29, 1.82) is 0 Å². The van der Waals surface area contributed by atoms with Crippen LogP contribution in [0.3, 0.4) is 0 Å². The normalized spacial score (nSPS) is 14.1. The molecule has 4 aromatic rings. The Bertz CT molecular complexity index is 1820. The highest BCUT2D eigenvalue weighted by molar-refractivity contribution is 7.92. The molecule has 1 aliphatic carbocycles. The number of amides is 2. The van der Waals surface area contributed by atoms with Gasteiger partial charge in [-0.1, -0.05) is 109 Å². The fourth-order valence-corrected chi connectivity index (χ4v) is 8.02. The first kappa shape index (κ1) is 36.2. The van der Waals surface area contributed by atoms with Gasteiger partial charge in [-0.15, -0.1) is 0 Å². The molecule has 11 heteroatoms. The standard InChI is InChI=1S/C38H41Cl2N3O5S/c1-2-48-36-21-13-12-20-34(36)43(49(46,47)32-18-10-5-11-19-32)27-37(44)42(26-29-22-23-30(39)25-33(29)40)35(24-28-14-6-3-7-15-28)38(45)41-31-16-8-4-9-17-31/h3,5-7,10-15,18-23,25,31,35H,2,4,8-9,16-17,24,26-27H2,1H3,(H,41,45)/t35-/m1/s1. The molecule has 49 heavy (non-hydrogen) atoms. The maximum absolute atomic E-state index is 14.8. The first-order chi connectivity index (χ1) is 23.7. The summed E-state index contributed by atoms with van der Waals surface area (Å²) in [5, 5.41) is 3.96. The third kappa shape index (κ3) is 9.35. The van der Waals surface area contributed by atoms with Gasteiger partial charge in [0.2, 0.25) is 11.8 Å². The van der Waals surface area contributed by atoms with E-state index in [4.69, 9.17) is 27.9 Å². The summed E-state index contributed by atoms with van der Waals surface area (Å²) in [6.07, 6.45) is 5.08. The number of hydrogen-bond acceptors (Lipinski definition) is 5. The summed E-state index contributed by atoms with van der Waals surface area (Å²) in [5.41, 5.74) is 1.62. The second-order valence-electron chi connectivity index (χ2n) is 12.0. The van der Waals surface area contributed by atoms with Crippen molar-refractivity contribution >= 4 is 50.7 Å². The number of benzene rings is 4. The molecule has 1 N–H and O–H groups in total. The molecule has 0 aromatic heterocycles. The summed E-state index contributed by atoms with van der Waals surface area (Å²) < 4.78 is 35.6. The van der Waals surface area contributed by atoms with E-state index in [1.165, 1.54) is 17.0 Å². The van der Waals surface area contributed by atoms with Crippen LogP contribution in [-0.2, 0) is 32.6 Å². The summed E-state index contributed by atoms with van der Waals surface area (Å²) in [6.45, 7) is 1.42. The molecule has 4 aromatic carbocycles. The fourth-order valence-electron chi connectivity index (χ4n) is 6.11. The predicted octanol–water partition coefficient (Wildman–Crippen LogP) is 7.68. The largest absolute Gasteiger partial charge is 0.492 e. The summed E-state index contributed by atoms with van der Waals surface area (Å²) in [5.74, 6) is -0.585. The lowest BCUT2D eigenvalue weighted by Gasteiger charge is -2.35. The van der Waals surface area contributed by atoms with Crippen LogP contribution in [0, 0.1) is 0 Å². The summed E-state index contributed by atoms with van der Waals surface area (Å²) in [7, 11) is -4.28. The van der Waals surface area contributed by atoms with Gasteiger partial charge in [-0.05, 0) is 67.3 Å². The van der Waals surface area contributed by atoms with Crippen molar-refractivity contribution in [1.82, 2.24) is 10.2 Å². The highest BCUT2D eigenvalue weighted by Crippen LogP contribution is 2.33. The van der Waals surface area contributed by atoms with E-state index in [-0.39, 0.29) is 42.1 Å². The summed E-state index contributed by atoms with van der Waals surface area (Å²) >= 11 is 12.9. The molecule has 0 radical (unpaired) electrons. The number of para-hydroxylation sites is 2. The van der Waals surface area contributed by atoms with E-state index < -0.39 is 28.5 Å². The van der Waals surface area contributed by atoms with Gasteiger partial charge in [0.25, 0.3) is 10.0 Å². The zero-order valence-electron chi connectivity index (χ0n) is 27.4. The molecule has 5 rings (SSSR count). The zero-order valence-corrected chi connectivity index (χ0v) is 29.8. The SMILES string of the molecule is CCOc1ccccc1N(CC(=O)N(Cc1ccc(Cl)cc1Cl)[C@H](Cc1ccccc1)C(=O)NC1CCCCC1)S(=O)(=O)c1ccccc1. The van der Waals surface area contributed by atoms with Crippen LogP contribution in [0.2, 0.25) is 10.0 Å². The van der Waals surface area contributed by atoms with Crippen molar-refractivity contribution < 1.29 is 22.7 Å². The van der Waals surface area contributed by atoms with E-state index in [2.05, 4.69) is 5.32 Å². The second kappa shape index (κ2) is 17.1. The number of nitrogens with zero attached hydrogens (tertiary/aromatic N) is 2. The van der Waals surface area contributed by atoms with Crippen LogP contribution in [0.4, 0.5) is 5.69 Å². The number of rotatable bonds is 14. The Morgan fingerprint density at radius 1 is 0.878 bits per heavy atom. The number of sulfonamides is 1. The topological polar surface area (TPSA) is 96.0 Å². The Balaban J connectivity index is 1.60. The van der Waals surface area contributed by atoms with E-state index in [1.54, 1.807) is 67.6 Å². The van der Waals surface area contributed by atoms with Crippen molar-refractivity contribution in [2.24, 2.45) is 0 Å². The summed E-state index contributed by atoms with van der Waals surface area (Å²) in [6, 6.07) is 28.1. The van der Waals surface area contributed by atoms with Gasteiger partial charge in [0.1, 0.15) is 18.3 Å². The van der Waals surface area contributed by atoms with E-state index in [0.29, 0.717) is 21.4 Å². The number of halogens is 2. The van der Waals surface area contributed by atoms with Crippen LogP contribution >= 0.6 is 23.2 Å². The zero-order chi connectivity index (χ0) is 34.8. The van der Waals surface area contributed by atoms with Gasteiger partial charge in [-0.3, -0.25) is 13.9 Å². The van der Waals surface area contributed by atoms with Gasteiger partial charge in [-0.25, -0.2) is 8.42 Å². The van der Waals surface area contributed by atoms with Crippen LogP contribution in [-0.4, -0.2) is 50.4 Å². The number of carbonyl (C=O) groups excluding carboxylic acids is 2. The van der Waals surface area contributed by atoms with Crippen LogP contribution in [0.25, 0.3) is 0 Å². The molecule has 258 valence electrons. The Kier molecular flexibility index (Phi) is 12.6. The van der Waals surface area contributed by atoms with Crippen molar-refractivity contribution in [2.45, 2.75) is 69.0 Å². The quantitative estimate of drug-likeness (QED) is 0.144. The number of carbonyl (C=O) groups is 2. The van der Waals surface area contributed by atoms with Crippen LogP contribution < -0.4 is 14.4 Å². The minimum absolute atomic E-state index is 0.0105. The van der Waals surface area contributed by atoms with E-state index in [0.717, 1.165) is 42.0 Å². The van der Waals surface area contributed by atoms with Gasteiger partial charge in [0, 0.05) is 29.1 Å². The first-order valence-corrected chi connectivity index (χ1v) is 18.7. The Hall–Kier alpha value is -4.05. The lowest BCUT2D eigenvalue weighted by atomic mass is 9.94. The number of ether oxygens (including phenoxy) is 1. The van der Waals surface area contributed by atoms with Crippen LogP contribution in [0.1, 0.15) is 50.2 Å². The smallest absolute Gasteiger partial charge is 0.264 e. The number of hydrogen-bond donors (Lipinski definition) is 1. The van der Waals surface area contributed by atoms with Crippen molar-refractivity contribution in [3.8, 4) is 5.75 Å². The van der Waals surface area contributed by atoms with Gasteiger partial charge in [0.15, 0.2) is 0 Å². The van der Waals surface area contributed by atoms with E-state index in [9.17, 15) is 18.0 Å². The molecule has 0 unspecified atom stereocenters. The van der Waals surface area contributed by atoms with Crippen molar-refractivity contribution in [3.63, 3.8) is 0 Å². The van der Waals surface area contributed by atoms with Crippen molar-refractivity contribution in [3.05, 3.63) is 124 Å². The third-order valence-corrected chi connectivity index (χ3v) is 11.0. The lowest BCUT2D eigenvalue weighted by molar-refractivity contribution is -0.140. The molecule has 0 heterocycles.